The minimum atomic E-state index is -0.955. The van der Waals surface area contributed by atoms with Crippen molar-refractivity contribution in [2.75, 3.05) is 18.0 Å². The molecule has 1 aliphatic heterocycles. The molecule has 5 nitrogen and oxygen atoms in total. The second kappa shape index (κ2) is 6.11. The second-order valence-corrected chi connectivity index (χ2v) is 4.59. The Morgan fingerprint density at radius 1 is 1.45 bits per heavy atom. The zero-order valence-electron chi connectivity index (χ0n) is 11.1. The number of amides is 2. The van der Waals surface area contributed by atoms with E-state index in [0.29, 0.717) is 19.5 Å². The molecule has 104 valence electrons. The van der Waals surface area contributed by atoms with Crippen molar-refractivity contribution < 1.29 is 14.7 Å². The molecule has 0 saturated heterocycles. The molecule has 0 fully saturated rings. The summed E-state index contributed by atoms with van der Waals surface area (Å²) in [5, 5.41) is 11.8. The van der Waals surface area contributed by atoms with Gasteiger partial charge in [-0.25, -0.2) is 9.59 Å². The quantitative estimate of drug-likeness (QED) is 0.652. The van der Waals surface area contributed by atoms with Crippen molar-refractivity contribution in [3.63, 3.8) is 0 Å². The fourth-order valence-electron chi connectivity index (χ4n) is 2.28. The number of carbonyl (C=O) groups excluding carboxylic acids is 1. The molecule has 1 aromatic rings. The number of fused-ring (bicyclic) bond motifs is 1. The maximum Gasteiger partial charge on any atom is 0.335 e. The molecule has 0 radical (unpaired) electrons. The van der Waals surface area contributed by atoms with Crippen LogP contribution in [0, 0.1) is 12.3 Å². The van der Waals surface area contributed by atoms with E-state index in [4.69, 9.17) is 11.5 Å². The Kier molecular flexibility index (Phi) is 4.26. The van der Waals surface area contributed by atoms with Crippen LogP contribution in [0.15, 0.2) is 18.2 Å². The standard InChI is InChI=1S/C15H16N2O3/c1-2-3-8-16-15(20)17-9-4-5-11-10-12(14(18)19)6-7-13(11)17/h1,6-7,10H,3-5,8-9H2,(H,16,20)(H,18,19). The molecule has 0 aliphatic carbocycles. The Hall–Kier alpha value is -2.48. The van der Waals surface area contributed by atoms with Crippen molar-refractivity contribution in [3.8, 4) is 12.3 Å². The van der Waals surface area contributed by atoms with Gasteiger partial charge in [-0.15, -0.1) is 12.3 Å². The molecule has 0 atom stereocenters. The fraction of sp³-hybridized carbons (Fsp3) is 0.333. The Labute approximate surface area is 117 Å². The number of aryl methyl sites for hydroxylation is 1. The number of terminal acetylenes is 1. The number of carbonyl (C=O) groups is 2. The van der Waals surface area contributed by atoms with Crippen LogP contribution < -0.4 is 10.2 Å². The van der Waals surface area contributed by atoms with Gasteiger partial charge in [0.2, 0.25) is 0 Å². The number of nitrogens with one attached hydrogen (secondary N) is 1. The van der Waals surface area contributed by atoms with E-state index in [1.165, 1.54) is 6.07 Å². The summed E-state index contributed by atoms with van der Waals surface area (Å²) in [6.07, 6.45) is 7.24. The first-order valence-corrected chi connectivity index (χ1v) is 6.48. The molecule has 0 bridgehead atoms. The van der Waals surface area contributed by atoms with E-state index in [9.17, 15) is 9.59 Å². The molecule has 5 heteroatoms. The lowest BCUT2D eigenvalue weighted by molar-refractivity contribution is 0.0696. The average Bonchev–Trinajstić information content (AvgIpc) is 2.46. The van der Waals surface area contributed by atoms with Crippen LogP contribution in [0.2, 0.25) is 0 Å². The summed E-state index contributed by atoms with van der Waals surface area (Å²) >= 11 is 0. The van der Waals surface area contributed by atoms with Crippen LogP contribution in [0.4, 0.5) is 10.5 Å². The number of anilines is 1. The summed E-state index contributed by atoms with van der Waals surface area (Å²) in [6, 6.07) is 4.66. The lowest BCUT2D eigenvalue weighted by Gasteiger charge is -2.29. The highest BCUT2D eigenvalue weighted by atomic mass is 16.4. The molecule has 1 heterocycles. The van der Waals surface area contributed by atoms with E-state index in [2.05, 4.69) is 11.2 Å². The molecule has 0 spiro atoms. The van der Waals surface area contributed by atoms with Crippen LogP contribution in [0.25, 0.3) is 0 Å². The molecule has 20 heavy (non-hydrogen) atoms. The van der Waals surface area contributed by atoms with Gasteiger partial charge >= 0.3 is 12.0 Å². The molecular formula is C15H16N2O3. The first-order valence-electron chi connectivity index (χ1n) is 6.48. The zero-order chi connectivity index (χ0) is 14.5. The van der Waals surface area contributed by atoms with Gasteiger partial charge in [0.05, 0.1) is 5.56 Å². The molecule has 2 amide bonds. The highest BCUT2D eigenvalue weighted by Gasteiger charge is 2.23. The average molecular weight is 272 g/mol. The number of benzene rings is 1. The zero-order valence-corrected chi connectivity index (χ0v) is 11.1. The van der Waals surface area contributed by atoms with Crippen LogP contribution in [0.3, 0.4) is 0 Å². The van der Waals surface area contributed by atoms with E-state index in [1.807, 2.05) is 0 Å². The van der Waals surface area contributed by atoms with Crippen molar-refractivity contribution in [2.45, 2.75) is 19.3 Å². The van der Waals surface area contributed by atoms with Crippen LogP contribution in [0.5, 0.6) is 0 Å². The van der Waals surface area contributed by atoms with Gasteiger partial charge < -0.3 is 10.4 Å². The Morgan fingerprint density at radius 2 is 2.25 bits per heavy atom. The predicted octanol–water partition coefficient (Wildman–Crippen LogP) is 1.87. The van der Waals surface area contributed by atoms with E-state index < -0.39 is 5.97 Å². The second-order valence-electron chi connectivity index (χ2n) is 4.59. The molecule has 0 saturated carbocycles. The number of hydrogen-bond donors (Lipinski definition) is 2. The molecular weight excluding hydrogens is 256 g/mol. The van der Waals surface area contributed by atoms with Crippen LogP contribution >= 0.6 is 0 Å². The minimum absolute atomic E-state index is 0.190. The van der Waals surface area contributed by atoms with Gasteiger partial charge in [0.15, 0.2) is 0 Å². The Balaban J connectivity index is 2.18. The number of rotatable bonds is 3. The Morgan fingerprint density at radius 3 is 2.95 bits per heavy atom. The highest BCUT2D eigenvalue weighted by Crippen LogP contribution is 2.28. The van der Waals surface area contributed by atoms with Crippen LogP contribution in [-0.4, -0.2) is 30.2 Å². The van der Waals surface area contributed by atoms with E-state index in [0.717, 1.165) is 24.1 Å². The van der Waals surface area contributed by atoms with Gasteiger partial charge in [-0.3, -0.25) is 4.90 Å². The van der Waals surface area contributed by atoms with Gasteiger partial charge in [-0.2, -0.15) is 0 Å². The summed E-state index contributed by atoms with van der Waals surface area (Å²) in [7, 11) is 0. The fourth-order valence-corrected chi connectivity index (χ4v) is 2.28. The van der Waals surface area contributed by atoms with Gasteiger partial charge in [-0.1, -0.05) is 0 Å². The van der Waals surface area contributed by atoms with Crippen molar-refractivity contribution >= 4 is 17.7 Å². The summed E-state index contributed by atoms with van der Waals surface area (Å²) in [5.74, 6) is 1.51. The van der Waals surface area contributed by atoms with Crippen molar-refractivity contribution in [2.24, 2.45) is 0 Å². The topological polar surface area (TPSA) is 69.6 Å². The number of carboxylic acids is 1. The van der Waals surface area contributed by atoms with Gasteiger partial charge in [0.25, 0.3) is 0 Å². The maximum absolute atomic E-state index is 12.1. The summed E-state index contributed by atoms with van der Waals surface area (Å²) in [6.45, 7) is 1.07. The van der Waals surface area contributed by atoms with Gasteiger partial charge in [0.1, 0.15) is 0 Å². The number of nitrogens with zero attached hydrogens (tertiary/aromatic N) is 1. The first-order chi connectivity index (χ1) is 9.63. The van der Waals surface area contributed by atoms with E-state index >= 15 is 0 Å². The predicted molar refractivity (Wildman–Crippen MR) is 75.9 cm³/mol. The SMILES string of the molecule is C#CCCNC(=O)N1CCCc2cc(C(=O)O)ccc21. The van der Waals surface area contributed by atoms with Crippen LogP contribution in [-0.2, 0) is 6.42 Å². The molecule has 1 aromatic carbocycles. The molecule has 2 rings (SSSR count). The van der Waals surface area contributed by atoms with Crippen LogP contribution in [0.1, 0.15) is 28.8 Å². The monoisotopic (exact) mass is 272 g/mol. The first kappa shape index (κ1) is 13.9. The largest absolute Gasteiger partial charge is 0.478 e. The van der Waals surface area contributed by atoms with E-state index in [1.54, 1.807) is 17.0 Å². The van der Waals surface area contributed by atoms with Crippen molar-refractivity contribution in [1.82, 2.24) is 5.32 Å². The van der Waals surface area contributed by atoms with E-state index in [-0.39, 0.29) is 11.6 Å². The third kappa shape index (κ3) is 2.91. The van der Waals surface area contributed by atoms with Crippen molar-refractivity contribution in [1.29, 1.82) is 0 Å². The number of aromatic carboxylic acids is 1. The summed E-state index contributed by atoms with van der Waals surface area (Å²) in [4.78, 5) is 24.7. The summed E-state index contributed by atoms with van der Waals surface area (Å²) in [5.41, 5.74) is 1.92. The molecule has 0 unspecified atom stereocenters. The van der Waals surface area contributed by atoms with Gasteiger partial charge in [-0.05, 0) is 36.6 Å². The normalized spacial score (nSPS) is 13.2. The number of urea groups is 1. The lowest BCUT2D eigenvalue weighted by atomic mass is 9.99. The van der Waals surface area contributed by atoms with Gasteiger partial charge in [0, 0.05) is 25.2 Å². The minimum Gasteiger partial charge on any atom is -0.478 e. The number of hydrogen-bond acceptors (Lipinski definition) is 2. The molecule has 2 N–H and O–H groups in total. The van der Waals surface area contributed by atoms with Crippen molar-refractivity contribution in [3.05, 3.63) is 29.3 Å². The third-order valence-electron chi connectivity index (χ3n) is 3.24. The maximum atomic E-state index is 12.1. The highest BCUT2D eigenvalue weighted by molar-refractivity contribution is 5.95. The smallest absolute Gasteiger partial charge is 0.335 e. The Bertz CT molecular complexity index is 575. The molecule has 0 aromatic heterocycles. The lowest BCUT2D eigenvalue weighted by Crippen LogP contribution is -2.43. The molecule has 1 aliphatic rings. The summed E-state index contributed by atoms with van der Waals surface area (Å²) < 4.78 is 0. The third-order valence-corrected chi connectivity index (χ3v) is 3.24. The number of carboxylic acid groups (broad SMARTS) is 1.